The van der Waals surface area contributed by atoms with Gasteiger partial charge in [-0.2, -0.15) is 23.7 Å². The highest BCUT2D eigenvalue weighted by atomic mass is 32.1. The second-order valence-electron chi connectivity index (χ2n) is 21.4. The minimum absolute atomic E-state index is 0.519. The van der Waals surface area contributed by atoms with Crippen LogP contribution < -0.4 is 9.47 Å². The highest BCUT2D eigenvalue weighted by Gasteiger charge is 2.31. The Morgan fingerprint density at radius 2 is 1.00 bits per heavy atom. The Bertz CT molecular complexity index is 2920. The molecule has 7 aromatic rings. The molecule has 3 atom stereocenters. The molecule has 0 radical (unpaired) electrons. The second-order valence-corrected chi connectivity index (χ2v) is 26.6. The van der Waals surface area contributed by atoms with E-state index in [1.165, 1.54) is 175 Å². The molecular weight excluding hydrogens is 1010 g/mol. The minimum atomic E-state index is 0.519. The van der Waals surface area contributed by atoms with Gasteiger partial charge in [0.25, 0.3) is 0 Å². The lowest BCUT2D eigenvalue weighted by Gasteiger charge is -2.19. The van der Waals surface area contributed by atoms with Gasteiger partial charge in [0.2, 0.25) is 0 Å². The summed E-state index contributed by atoms with van der Waals surface area (Å²) in [6.07, 6.45) is 26.2. The van der Waals surface area contributed by atoms with Gasteiger partial charge in [-0.25, -0.2) is 0 Å². The van der Waals surface area contributed by atoms with Crippen LogP contribution in [0.1, 0.15) is 205 Å². The molecule has 0 saturated carbocycles. The predicted molar refractivity (Wildman–Crippen MR) is 328 cm³/mol. The van der Waals surface area contributed by atoms with E-state index in [2.05, 4.69) is 93.5 Å². The molecule has 74 heavy (non-hydrogen) atoms. The summed E-state index contributed by atoms with van der Waals surface area (Å²) in [5, 5.41) is 13.4. The van der Waals surface area contributed by atoms with Crippen LogP contribution in [0.25, 0.3) is 61.8 Å². The van der Waals surface area contributed by atoms with Gasteiger partial charge in [0.1, 0.15) is 33.9 Å². The van der Waals surface area contributed by atoms with E-state index in [0.717, 1.165) is 103 Å². The number of rotatable bonds is 33. The molecule has 0 saturated heterocycles. The van der Waals surface area contributed by atoms with Gasteiger partial charge >= 0.3 is 0 Å². The van der Waals surface area contributed by atoms with Crippen molar-refractivity contribution in [1.82, 2.24) is 15.0 Å². The maximum Gasteiger partial charge on any atom is 0.146 e. The maximum atomic E-state index is 7.16. The summed E-state index contributed by atoms with van der Waals surface area (Å²) in [6.45, 7) is 25.3. The van der Waals surface area contributed by atoms with Crippen LogP contribution in [-0.2, 0) is 30.7 Å². The van der Waals surface area contributed by atoms with Gasteiger partial charge in [0.05, 0.1) is 51.6 Å². The molecule has 0 aliphatic carbocycles. The van der Waals surface area contributed by atoms with E-state index in [1.807, 2.05) is 50.1 Å². The van der Waals surface area contributed by atoms with Crippen LogP contribution in [0.15, 0.2) is 33.0 Å². The zero-order valence-electron chi connectivity index (χ0n) is 46.8. The lowest BCUT2D eigenvalue weighted by Crippen LogP contribution is -2.12. The first-order valence-electron chi connectivity index (χ1n) is 29.2. The standard InChI is InChI=1S/C62H87N5O2S5/c1-11-19-24-26-31-45-34-49(71-41(45)10)52-54-55(64-67(63-54)37-42(16-6)28-21-13-3)53(57-56(52)65-74-66-57)50-35-46(32-27-25-20-12-2)60(72-50)51-36-48-59(69-39-44(18-8)30-23-15-5)61-47(33-40(9)70-61)58(62(48)73-51)68-38-43(17-7)29-22-14-4/h33-36,42-44H,11-32,37-39H2,1-10H3. The first-order valence-corrected chi connectivity index (χ1v) is 33.2. The molecular formula is C62H87N5O2S5. The fraction of sp³-hybridized carbons (Fsp3) is 0.613. The van der Waals surface area contributed by atoms with Crippen LogP contribution in [0.4, 0.5) is 11.4 Å². The summed E-state index contributed by atoms with van der Waals surface area (Å²) < 4.78 is 27.1. The lowest BCUT2D eigenvalue weighted by atomic mass is 9.98. The summed E-state index contributed by atoms with van der Waals surface area (Å²) in [5.41, 5.74) is 8.85. The topological polar surface area (TPSA) is 73.9 Å². The minimum Gasteiger partial charge on any atom is -0.491 e. The molecule has 12 heteroatoms. The Labute approximate surface area is 464 Å². The number of fused-ring (bicyclic) bond motifs is 4. The third kappa shape index (κ3) is 13.1. The molecule has 402 valence electrons. The van der Waals surface area contributed by atoms with Crippen molar-refractivity contribution in [1.29, 1.82) is 0 Å². The van der Waals surface area contributed by atoms with E-state index in [-0.39, 0.29) is 0 Å². The average molecular weight is 1090 g/mol. The van der Waals surface area contributed by atoms with E-state index in [0.29, 0.717) is 17.8 Å². The van der Waals surface area contributed by atoms with Crippen LogP contribution >= 0.6 is 45.3 Å². The molecule has 1 aliphatic rings. The monoisotopic (exact) mass is 1090 g/mol. The second kappa shape index (κ2) is 27.8. The van der Waals surface area contributed by atoms with Crippen molar-refractivity contribution < 1.29 is 9.47 Å². The molecule has 0 N–H and O–H groups in total. The van der Waals surface area contributed by atoms with Crippen LogP contribution in [0.5, 0.6) is 11.5 Å². The number of unbranched alkanes of at least 4 members (excludes halogenated alkanes) is 9. The Morgan fingerprint density at radius 3 is 1.55 bits per heavy atom. The number of aryl methyl sites for hydroxylation is 4. The van der Waals surface area contributed by atoms with Crippen molar-refractivity contribution in [3.05, 3.63) is 45.1 Å². The summed E-state index contributed by atoms with van der Waals surface area (Å²) in [6, 6.07) is 9.77. The van der Waals surface area contributed by atoms with Gasteiger partial charge in [-0.3, -0.25) is 0 Å². The van der Waals surface area contributed by atoms with E-state index in [1.54, 1.807) is 0 Å². The molecule has 1 aliphatic heterocycles. The molecule has 0 spiro atoms. The van der Waals surface area contributed by atoms with Gasteiger partial charge in [-0.1, -0.05) is 152 Å². The van der Waals surface area contributed by atoms with Gasteiger partial charge < -0.3 is 9.47 Å². The predicted octanol–water partition coefficient (Wildman–Crippen LogP) is 22.0. The zero-order valence-corrected chi connectivity index (χ0v) is 50.9. The molecule has 0 bridgehead atoms. The quantitative estimate of drug-likeness (QED) is 0.0384. The van der Waals surface area contributed by atoms with Crippen molar-refractivity contribution >= 4 is 99.3 Å². The molecule has 5 aromatic heterocycles. The molecule has 8 rings (SSSR count). The number of ether oxygens (including phenoxy) is 2. The Hall–Kier alpha value is -3.42. The molecule has 2 aromatic carbocycles. The van der Waals surface area contributed by atoms with Crippen molar-refractivity contribution in [3.8, 4) is 42.1 Å². The Balaban J connectivity index is 1.31. The van der Waals surface area contributed by atoms with Crippen molar-refractivity contribution in [2.45, 2.75) is 217 Å². The smallest absolute Gasteiger partial charge is 0.146 e. The van der Waals surface area contributed by atoms with Crippen LogP contribution in [0.3, 0.4) is 0 Å². The number of benzene rings is 2. The Kier molecular flexibility index (Phi) is 21.3. The van der Waals surface area contributed by atoms with E-state index >= 15 is 0 Å². The van der Waals surface area contributed by atoms with Gasteiger partial charge in [-0.05, 0) is 112 Å². The molecule has 6 heterocycles. The normalized spacial score (nSPS) is 13.7. The van der Waals surface area contributed by atoms with Crippen LogP contribution in [-0.4, -0.2) is 28.2 Å². The fourth-order valence-electron chi connectivity index (χ4n) is 10.9. The highest BCUT2D eigenvalue weighted by Crippen LogP contribution is 2.57. The molecule has 0 amide bonds. The summed E-state index contributed by atoms with van der Waals surface area (Å²) in [4.78, 5) is 9.78. The number of aromatic nitrogens is 3. The maximum absolute atomic E-state index is 7.16. The lowest BCUT2D eigenvalue weighted by molar-refractivity contribution is 0.235. The van der Waals surface area contributed by atoms with Crippen molar-refractivity contribution in [3.63, 3.8) is 0 Å². The van der Waals surface area contributed by atoms with Gasteiger partial charge in [0.15, 0.2) is 0 Å². The van der Waals surface area contributed by atoms with Gasteiger partial charge in [0, 0.05) is 40.0 Å². The summed E-state index contributed by atoms with van der Waals surface area (Å²) >= 11 is 8.90. The van der Waals surface area contributed by atoms with Gasteiger partial charge in [-0.15, -0.1) is 45.3 Å². The highest BCUT2D eigenvalue weighted by molar-refractivity contribution is 7.58. The van der Waals surface area contributed by atoms with Crippen molar-refractivity contribution in [2.24, 2.45) is 26.5 Å². The Morgan fingerprint density at radius 1 is 0.500 bits per heavy atom. The van der Waals surface area contributed by atoms with E-state index < -0.39 is 0 Å². The van der Waals surface area contributed by atoms with E-state index in [9.17, 15) is 0 Å². The average Bonchev–Trinajstić information content (AvgIpc) is 4.29. The fourth-order valence-corrected chi connectivity index (χ4v) is 16.1. The number of hydrogen-bond acceptors (Lipinski definition) is 10. The largest absolute Gasteiger partial charge is 0.491 e. The summed E-state index contributed by atoms with van der Waals surface area (Å²) in [5.74, 6) is 3.65. The molecule has 0 fully saturated rings. The SMILES string of the molecule is CCCCCCc1cc(-c2c3c(c(-c4cc(CCCCCC)c(-c5cc6c(OCC(CC)CCCC)c7sc(C)cc7c(OCC(CC)CCCC)c6s5)s4)c4nn(CC(CC)CCCC)nc24)N=S=N3)sc1C. The first-order chi connectivity index (χ1) is 36.2. The number of hydrogen-bond donors (Lipinski definition) is 0. The first kappa shape index (κ1) is 56.8. The third-order valence-electron chi connectivity index (χ3n) is 15.7. The number of thiophene rings is 4. The third-order valence-corrected chi connectivity index (χ3v) is 20.9. The van der Waals surface area contributed by atoms with Crippen LogP contribution in [0.2, 0.25) is 0 Å². The number of nitrogens with zero attached hydrogens (tertiary/aromatic N) is 5. The van der Waals surface area contributed by atoms with Crippen molar-refractivity contribution in [2.75, 3.05) is 13.2 Å². The summed E-state index contributed by atoms with van der Waals surface area (Å²) in [7, 11) is 0. The molecule has 3 unspecified atom stereocenters. The molecule has 7 nitrogen and oxygen atoms in total. The zero-order chi connectivity index (χ0) is 52.1. The van der Waals surface area contributed by atoms with E-state index in [4.69, 9.17) is 28.4 Å². The van der Waals surface area contributed by atoms with Crippen LogP contribution in [0, 0.1) is 31.6 Å².